The Kier molecular flexibility index (Phi) is 3.99. The average molecular weight is 269 g/mol. The highest BCUT2D eigenvalue weighted by Gasteiger charge is 2.14. The Morgan fingerprint density at radius 2 is 2.28 bits per heavy atom. The summed E-state index contributed by atoms with van der Waals surface area (Å²) >= 11 is 5.71. The van der Waals surface area contributed by atoms with E-state index in [9.17, 15) is 4.39 Å². The van der Waals surface area contributed by atoms with E-state index in [4.69, 9.17) is 16.0 Å². The summed E-state index contributed by atoms with van der Waals surface area (Å²) in [6.45, 7) is 4.75. The summed E-state index contributed by atoms with van der Waals surface area (Å²) in [6, 6.07) is 4.46. The van der Waals surface area contributed by atoms with Gasteiger partial charge in [0, 0.05) is 5.02 Å². The van der Waals surface area contributed by atoms with Gasteiger partial charge in [-0.15, -0.1) is 0 Å². The number of nitrogens with one attached hydrogen (secondary N) is 1. The molecule has 1 N–H and O–H groups in total. The van der Waals surface area contributed by atoms with Crippen molar-refractivity contribution in [3.05, 3.63) is 41.1 Å². The van der Waals surface area contributed by atoms with Crippen LogP contribution in [0.5, 0.6) is 0 Å². The topological polar surface area (TPSA) is 38.1 Å². The Bertz CT molecular complexity index is 542. The van der Waals surface area contributed by atoms with Crippen molar-refractivity contribution in [1.29, 1.82) is 0 Å². The highest BCUT2D eigenvalue weighted by atomic mass is 35.5. The molecule has 0 radical (unpaired) electrons. The number of nitrogens with zero attached hydrogens (tertiary/aromatic N) is 1. The molecule has 3 nitrogen and oxygen atoms in total. The number of hydrogen-bond donors (Lipinski definition) is 1. The molecule has 0 bridgehead atoms. The maximum Gasteiger partial charge on any atom is 0.211 e. The van der Waals surface area contributed by atoms with E-state index in [0.29, 0.717) is 22.2 Å². The number of oxazole rings is 1. The van der Waals surface area contributed by atoms with E-state index in [2.05, 4.69) is 10.3 Å². The minimum Gasteiger partial charge on any atom is -0.439 e. The first-order valence-corrected chi connectivity index (χ1v) is 6.14. The first-order valence-electron chi connectivity index (χ1n) is 5.76. The predicted molar refractivity (Wildman–Crippen MR) is 69.0 cm³/mol. The molecule has 1 heterocycles. The standard InChI is InChI=1S/C13H14ClFN2O/c1-3-16-8(2)13-17-7-12(18-13)10-5-4-9(14)6-11(10)15/h4-8,16H,3H2,1-2H3. The van der Waals surface area contributed by atoms with Crippen molar-refractivity contribution in [3.63, 3.8) is 0 Å². The van der Waals surface area contributed by atoms with E-state index < -0.39 is 5.82 Å². The molecule has 5 heteroatoms. The summed E-state index contributed by atoms with van der Waals surface area (Å²) in [5, 5.41) is 3.54. The van der Waals surface area contributed by atoms with Crippen LogP contribution in [-0.2, 0) is 0 Å². The van der Waals surface area contributed by atoms with Crippen LogP contribution in [0.2, 0.25) is 5.02 Å². The molecule has 2 rings (SSSR count). The minimum absolute atomic E-state index is 0.000823. The summed E-state index contributed by atoms with van der Waals surface area (Å²) in [5.74, 6) is 0.534. The number of aromatic nitrogens is 1. The first-order chi connectivity index (χ1) is 8.61. The molecule has 0 amide bonds. The third-order valence-corrected chi connectivity index (χ3v) is 2.84. The Morgan fingerprint density at radius 1 is 1.50 bits per heavy atom. The van der Waals surface area contributed by atoms with Crippen LogP contribution in [0.15, 0.2) is 28.8 Å². The van der Waals surface area contributed by atoms with Gasteiger partial charge in [0.2, 0.25) is 5.89 Å². The zero-order chi connectivity index (χ0) is 13.1. The van der Waals surface area contributed by atoms with Gasteiger partial charge in [0.15, 0.2) is 5.76 Å². The maximum absolute atomic E-state index is 13.7. The highest BCUT2D eigenvalue weighted by Crippen LogP contribution is 2.27. The van der Waals surface area contributed by atoms with Crippen LogP contribution in [0.25, 0.3) is 11.3 Å². The van der Waals surface area contributed by atoms with Gasteiger partial charge >= 0.3 is 0 Å². The van der Waals surface area contributed by atoms with Gasteiger partial charge in [0.25, 0.3) is 0 Å². The Hall–Kier alpha value is -1.39. The van der Waals surface area contributed by atoms with Crippen molar-refractivity contribution in [2.45, 2.75) is 19.9 Å². The first kappa shape index (κ1) is 13.1. The Morgan fingerprint density at radius 3 is 2.94 bits per heavy atom. The molecule has 0 saturated heterocycles. The molecular formula is C13H14ClFN2O. The molecule has 1 unspecified atom stereocenters. The largest absolute Gasteiger partial charge is 0.439 e. The summed E-state index contributed by atoms with van der Waals surface area (Å²) in [6.07, 6.45) is 1.52. The van der Waals surface area contributed by atoms with Crippen molar-refractivity contribution in [1.82, 2.24) is 10.3 Å². The SMILES string of the molecule is CCNC(C)c1ncc(-c2ccc(Cl)cc2F)o1. The van der Waals surface area contributed by atoms with Gasteiger partial charge < -0.3 is 9.73 Å². The fraction of sp³-hybridized carbons (Fsp3) is 0.308. The Labute approximate surface area is 110 Å². The summed E-state index contributed by atoms with van der Waals surface area (Å²) in [4.78, 5) is 4.15. The van der Waals surface area contributed by atoms with Gasteiger partial charge in [-0.05, 0) is 31.7 Å². The molecule has 0 fully saturated rings. The summed E-state index contributed by atoms with van der Waals surface area (Å²) < 4.78 is 19.3. The van der Waals surface area contributed by atoms with Crippen LogP contribution < -0.4 is 5.32 Å². The van der Waals surface area contributed by atoms with Crippen LogP contribution in [0.3, 0.4) is 0 Å². The molecule has 0 saturated carbocycles. The van der Waals surface area contributed by atoms with E-state index in [1.807, 2.05) is 13.8 Å². The fourth-order valence-electron chi connectivity index (χ4n) is 1.70. The summed E-state index contributed by atoms with van der Waals surface area (Å²) in [5.41, 5.74) is 0.363. The monoisotopic (exact) mass is 268 g/mol. The third kappa shape index (κ3) is 2.71. The molecule has 18 heavy (non-hydrogen) atoms. The second-order valence-electron chi connectivity index (χ2n) is 3.97. The van der Waals surface area contributed by atoms with E-state index >= 15 is 0 Å². The van der Waals surface area contributed by atoms with Gasteiger partial charge in [0.1, 0.15) is 5.82 Å². The lowest BCUT2D eigenvalue weighted by Gasteiger charge is -2.06. The molecule has 0 aliphatic carbocycles. The molecule has 0 aliphatic heterocycles. The van der Waals surface area contributed by atoms with Gasteiger partial charge in [-0.1, -0.05) is 18.5 Å². The minimum atomic E-state index is -0.415. The molecule has 1 aromatic heterocycles. The van der Waals surface area contributed by atoms with E-state index in [1.54, 1.807) is 12.1 Å². The van der Waals surface area contributed by atoms with Crippen molar-refractivity contribution >= 4 is 11.6 Å². The number of rotatable bonds is 4. The highest BCUT2D eigenvalue weighted by molar-refractivity contribution is 6.30. The molecule has 2 aromatic rings. The maximum atomic E-state index is 13.7. The lowest BCUT2D eigenvalue weighted by Crippen LogP contribution is -2.17. The Balaban J connectivity index is 2.29. The van der Waals surface area contributed by atoms with Crippen molar-refractivity contribution in [2.75, 3.05) is 6.54 Å². The van der Waals surface area contributed by atoms with Crippen molar-refractivity contribution in [2.24, 2.45) is 0 Å². The van der Waals surface area contributed by atoms with Crippen LogP contribution in [0.4, 0.5) is 4.39 Å². The van der Waals surface area contributed by atoms with Gasteiger partial charge in [-0.2, -0.15) is 0 Å². The van der Waals surface area contributed by atoms with E-state index in [-0.39, 0.29) is 6.04 Å². The zero-order valence-electron chi connectivity index (χ0n) is 10.2. The lowest BCUT2D eigenvalue weighted by atomic mass is 10.2. The van der Waals surface area contributed by atoms with E-state index in [1.165, 1.54) is 12.3 Å². The van der Waals surface area contributed by atoms with Gasteiger partial charge in [-0.3, -0.25) is 0 Å². The summed E-state index contributed by atoms with van der Waals surface area (Å²) in [7, 11) is 0. The second-order valence-corrected chi connectivity index (χ2v) is 4.40. The molecule has 0 aliphatic rings. The smallest absolute Gasteiger partial charge is 0.211 e. The quantitative estimate of drug-likeness (QED) is 0.916. The van der Waals surface area contributed by atoms with Crippen molar-refractivity contribution in [3.8, 4) is 11.3 Å². The second kappa shape index (κ2) is 5.50. The number of benzene rings is 1. The van der Waals surface area contributed by atoms with Gasteiger partial charge in [0.05, 0.1) is 17.8 Å². The molecule has 1 aromatic carbocycles. The molecular weight excluding hydrogens is 255 g/mol. The predicted octanol–water partition coefficient (Wildman–Crippen LogP) is 3.80. The van der Waals surface area contributed by atoms with Crippen LogP contribution >= 0.6 is 11.6 Å². The fourth-order valence-corrected chi connectivity index (χ4v) is 1.85. The van der Waals surface area contributed by atoms with Crippen molar-refractivity contribution < 1.29 is 8.81 Å². The average Bonchev–Trinajstić information content (AvgIpc) is 2.78. The van der Waals surface area contributed by atoms with Gasteiger partial charge in [-0.25, -0.2) is 9.37 Å². The normalized spacial score (nSPS) is 12.7. The molecule has 0 spiro atoms. The van der Waals surface area contributed by atoms with E-state index in [0.717, 1.165) is 6.54 Å². The lowest BCUT2D eigenvalue weighted by molar-refractivity contribution is 0.427. The van der Waals surface area contributed by atoms with Crippen LogP contribution in [0, 0.1) is 5.82 Å². The van der Waals surface area contributed by atoms with Crippen LogP contribution in [-0.4, -0.2) is 11.5 Å². The third-order valence-electron chi connectivity index (χ3n) is 2.60. The number of hydrogen-bond acceptors (Lipinski definition) is 3. The zero-order valence-corrected chi connectivity index (χ0v) is 11.0. The van der Waals surface area contributed by atoms with Crippen LogP contribution in [0.1, 0.15) is 25.8 Å². The molecule has 96 valence electrons. The number of halogens is 2. The molecule has 1 atom stereocenters.